The maximum Gasteiger partial charge on any atom is 0.305 e. The van der Waals surface area contributed by atoms with Gasteiger partial charge in [0.2, 0.25) is 5.91 Å². The Morgan fingerprint density at radius 1 is 0.318 bits per heavy atom. The average Bonchev–Trinajstić information content (AvgIpc) is 3.54. The monoisotopic (exact) mass is 1190 g/mol. The number of amides is 1. The van der Waals surface area contributed by atoms with Crippen LogP contribution in [0.2, 0.25) is 0 Å². The van der Waals surface area contributed by atoms with Gasteiger partial charge in [0.05, 0.1) is 25.4 Å². The number of allylic oxidation sites excluding steroid dienone is 5. The second kappa shape index (κ2) is 74.5. The predicted molar refractivity (Wildman–Crippen MR) is 375 cm³/mol. The third-order valence-electron chi connectivity index (χ3n) is 18.1. The van der Waals surface area contributed by atoms with Gasteiger partial charge in [-0.05, 0) is 77.0 Å². The Kier molecular flexibility index (Phi) is 72.9. The minimum Gasteiger partial charge on any atom is -0.466 e. The molecule has 0 aliphatic rings. The fourth-order valence-electron chi connectivity index (χ4n) is 12.2. The maximum absolute atomic E-state index is 12.6. The van der Waals surface area contributed by atoms with E-state index in [0.717, 1.165) is 44.9 Å². The molecule has 2 atom stereocenters. The zero-order chi connectivity index (χ0) is 61.3. The van der Waals surface area contributed by atoms with Gasteiger partial charge in [-0.3, -0.25) is 9.59 Å². The molecule has 0 saturated heterocycles. The second-order valence-electron chi connectivity index (χ2n) is 26.7. The zero-order valence-corrected chi connectivity index (χ0v) is 57.6. The van der Waals surface area contributed by atoms with Gasteiger partial charge in [-0.25, -0.2) is 0 Å². The van der Waals surface area contributed by atoms with Crippen molar-refractivity contribution in [1.82, 2.24) is 5.32 Å². The second-order valence-corrected chi connectivity index (χ2v) is 26.7. The molecule has 0 aromatic rings. The lowest BCUT2D eigenvalue weighted by atomic mass is 10.0. The van der Waals surface area contributed by atoms with Crippen LogP contribution >= 0.6 is 0 Å². The van der Waals surface area contributed by atoms with E-state index < -0.39 is 12.1 Å². The van der Waals surface area contributed by atoms with Crippen molar-refractivity contribution in [2.75, 3.05) is 13.2 Å². The largest absolute Gasteiger partial charge is 0.466 e. The normalized spacial score (nSPS) is 12.7. The molecule has 0 spiro atoms. The fraction of sp³-hybridized carbons (Fsp3) is 0.899. The van der Waals surface area contributed by atoms with E-state index in [2.05, 4.69) is 43.5 Å². The van der Waals surface area contributed by atoms with Crippen LogP contribution in [0, 0.1) is 0 Å². The number of carbonyl (C=O) groups excluding carboxylic acids is 2. The van der Waals surface area contributed by atoms with E-state index in [0.29, 0.717) is 19.4 Å². The zero-order valence-electron chi connectivity index (χ0n) is 57.6. The molecule has 0 bridgehead atoms. The number of hydrogen-bond donors (Lipinski definition) is 3. The summed E-state index contributed by atoms with van der Waals surface area (Å²) in [6.07, 6.45) is 96.9. The summed E-state index contributed by atoms with van der Waals surface area (Å²) in [5.41, 5.74) is 0. The summed E-state index contributed by atoms with van der Waals surface area (Å²) in [5.74, 6) is -0.0531. The van der Waals surface area contributed by atoms with Crippen molar-refractivity contribution < 1.29 is 24.5 Å². The van der Waals surface area contributed by atoms with E-state index in [9.17, 15) is 19.8 Å². The summed E-state index contributed by atoms with van der Waals surface area (Å²) < 4.78 is 5.47. The van der Waals surface area contributed by atoms with Gasteiger partial charge in [-0.1, -0.05) is 378 Å². The lowest BCUT2D eigenvalue weighted by Crippen LogP contribution is -2.45. The van der Waals surface area contributed by atoms with Gasteiger partial charge in [-0.15, -0.1) is 0 Å². The van der Waals surface area contributed by atoms with Crippen LogP contribution in [0.4, 0.5) is 0 Å². The van der Waals surface area contributed by atoms with Gasteiger partial charge in [0.25, 0.3) is 0 Å². The molecule has 0 radical (unpaired) electrons. The molecule has 0 saturated carbocycles. The topological polar surface area (TPSA) is 95.9 Å². The van der Waals surface area contributed by atoms with E-state index in [1.807, 2.05) is 6.08 Å². The highest BCUT2D eigenvalue weighted by Gasteiger charge is 2.18. The van der Waals surface area contributed by atoms with Crippen LogP contribution in [-0.2, 0) is 14.3 Å². The van der Waals surface area contributed by atoms with E-state index in [1.54, 1.807) is 6.08 Å². The highest BCUT2D eigenvalue weighted by Crippen LogP contribution is 2.19. The number of aliphatic hydroxyl groups is 2. The number of esters is 1. The van der Waals surface area contributed by atoms with E-state index in [1.165, 1.54) is 360 Å². The summed E-state index contributed by atoms with van der Waals surface area (Å²) in [6, 6.07) is -0.628. The van der Waals surface area contributed by atoms with Crippen LogP contribution in [-0.4, -0.2) is 47.4 Å². The molecular weight excluding hydrogens is 1040 g/mol. The Morgan fingerprint density at radius 2 is 0.565 bits per heavy atom. The molecule has 0 aliphatic carbocycles. The smallest absolute Gasteiger partial charge is 0.305 e. The molecule has 0 aliphatic heterocycles. The molecule has 0 aromatic heterocycles. The van der Waals surface area contributed by atoms with Gasteiger partial charge in [0, 0.05) is 12.8 Å². The van der Waals surface area contributed by atoms with Crippen LogP contribution in [0.1, 0.15) is 431 Å². The molecule has 85 heavy (non-hydrogen) atoms. The third kappa shape index (κ3) is 71.0. The Morgan fingerprint density at radius 3 is 0.871 bits per heavy atom. The number of hydrogen-bond acceptors (Lipinski definition) is 5. The Balaban J connectivity index is 3.39. The first kappa shape index (κ1) is 83.1. The Bertz CT molecular complexity index is 1380. The number of aliphatic hydroxyl groups excluding tert-OH is 2. The number of carbonyl (C=O) groups is 2. The first-order valence-electron chi connectivity index (χ1n) is 38.8. The first-order valence-corrected chi connectivity index (χ1v) is 38.8. The molecule has 0 rings (SSSR count). The van der Waals surface area contributed by atoms with Crippen LogP contribution in [0.15, 0.2) is 36.5 Å². The molecule has 502 valence electrons. The molecule has 0 heterocycles. The van der Waals surface area contributed by atoms with Crippen molar-refractivity contribution in [3.63, 3.8) is 0 Å². The lowest BCUT2D eigenvalue weighted by molar-refractivity contribution is -0.143. The van der Waals surface area contributed by atoms with Crippen molar-refractivity contribution in [3.8, 4) is 0 Å². The van der Waals surface area contributed by atoms with Crippen LogP contribution in [0.3, 0.4) is 0 Å². The number of ether oxygens (including phenoxy) is 1. The number of nitrogens with one attached hydrogen (secondary N) is 1. The highest BCUT2D eigenvalue weighted by molar-refractivity contribution is 5.76. The molecule has 0 fully saturated rings. The van der Waals surface area contributed by atoms with Gasteiger partial charge in [-0.2, -0.15) is 0 Å². The Hall–Kier alpha value is -1.92. The summed E-state index contributed by atoms with van der Waals surface area (Å²) in [4.78, 5) is 24.6. The first-order chi connectivity index (χ1) is 42.0. The molecule has 6 nitrogen and oxygen atoms in total. The van der Waals surface area contributed by atoms with E-state index in [-0.39, 0.29) is 18.5 Å². The third-order valence-corrected chi connectivity index (χ3v) is 18.1. The molecule has 0 aromatic carbocycles. The summed E-state index contributed by atoms with van der Waals surface area (Å²) in [7, 11) is 0. The average molecular weight is 1200 g/mol. The Labute approximate surface area is 532 Å². The number of rotatable bonds is 73. The van der Waals surface area contributed by atoms with Crippen molar-refractivity contribution in [2.45, 2.75) is 443 Å². The fourth-order valence-corrected chi connectivity index (χ4v) is 12.2. The SMILES string of the molecule is CCCC/C=C\CCCCCCCC(=O)OCCCCCCCCCCCCCC/C=C\CCCCCCCCCCCCCCCCCCC(=O)NC(CO)C(O)/C=C/CCCCCCCCCCCCCCCCCCCCCCCCC. The molecule has 2 unspecified atom stereocenters. The van der Waals surface area contributed by atoms with Crippen LogP contribution in [0.5, 0.6) is 0 Å². The van der Waals surface area contributed by atoms with Gasteiger partial charge < -0.3 is 20.3 Å². The number of unbranched alkanes of at least 4 members (excludes halogenated alkanes) is 58. The molecular formula is C79H151NO5. The van der Waals surface area contributed by atoms with Crippen molar-refractivity contribution in [2.24, 2.45) is 0 Å². The molecule has 6 heteroatoms. The molecule has 3 N–H and O–H groups in total. The quantitative estimate of drug-likeness (QED) is 0.0320. The van der Waals surface area contributed by atoms with Gasteiger partial charge in [0.1, 0.15) is 0 Å². The van der Waals surface area contributed by atoms with E-state index in [4.69, 9.17) is 4.74 Å². The lowest BCUT2D eigenvalue weighted by Gasteiger charge is -2.20. The van der Waals surface area contributed by atoms with E-state index >= 15 is 0 Å². The summed E-state index contributed by atoms with van der Waals surface area (Å²) >= 11 is 0. The predicted octanol–water partition coefficient (Wildman–Crippen LogP) is 25.4. The van der Waals surface area contributed by atoms with Crippen LogP contribution < -0.4 is 5.32 Å². The standard InChI is InChI=1S/C79H151NO5/c1-3-5-7-9-11-13-15-16-17-18-19-20-21-30-33-36-39-42-45-48-52-55-59-63-67-71-77(82)76(75-81)80-78(83)72-68-64-60-56-53-49-46-43-40-37-34-31-28-26-24-22-23-25-27-29-32-35-38-41-44-47-50-54-58-62-66-70-74-85-79(84)73-69-65-61-57-51-14-12-10-8-6-4-2/h10,12,25,27,67,71,76-77,81-82H,3-9,11,13-24,26,28-66,68-70,72-75H2,1-2H3,(H,80,83)/b12-10-,27-25-,71-67+. The minimum atomic E-state index is -0.844. The van der Waals surface area contributed by atoms with Crippen LogP contribution in [0.25, 0.3) is 0 Å². The molecule has 1 amide bonds. The summed E-state index contributed by atoms with van der Waals surface area (Å²) in [5, 5.41) is 23.3. The maximum atomic E-state index is 12.6. The highest BCUT2D eigenvalue weighted by atomic mass is 16.5. The van der Waals surface area contributed by atoms with Gasteiger partial charge in [0.15, 0.2) is 0 Å². The minimum absolute atomic E-state index is 0.00732. The summed E-state index contributed by atoms with van der Waals surface area (Å²) in [6.45, 7) is 4.91. The van der Waals surface area contributed by atoms with Crippen molar-refractivity contribution in [1.29, 1.82) is 0 Å². The van der Waals surface area contributed by atoms with Crippen molar-refractivity contribution >= 4 is 11.9 Å². The van der Waals surface area contributed by atoms with Gasteiger partial charge >= 0.3 is 5.97 Å². The van der Waals surface area contributed by atoms with Crippen molar-refractivity contribution in [3.05, 3.63) is 36.5 Å².